The van der Waals surface area contributed by atoms with Crippen molar-refractivity contribution in [3.63, 3.8) is 0 Å². The zero-order valence-electron chi connectivity index (χ0n) is 13.0. The Kier molecular flexibility index (Phi) is 7.03. The first-order valence-corrected chi connectivity index (χ1v) is 9.01. The highest BCUT2D eigenvalue weighted by Gasteiger charge is 2.16. The van der Waals surface area contributed by atoms with Crippen LogP contribution in [0.15, 0.2) is 24.3 Å². The number of carbonyl (C=O) groups excluding carboxylic acids is 1. The van der Waals surface area contributed by atoms with Gasteiger partial charge in [-0.25, -0.2) is 4.39 Å². The molecule has 0 saturated heterocycles. The average Bonchev–Trinajstić information content (AvgIpc) is 2.54. The number of amides is 1. The second kappa shape index (κ2) is 9.03. The Labute approximate surface area is 136 Å². The van der Waals surface area contributed by atoms with Crippen LogP contribution < -0.4 is 10.1 Å². The maximum atomic E-state index is 12.8. The van der Waals surface area contributed by atoms with Gasteiger partial charge in [-0.2, -0.15) is 11.8 Å². The minimum Gasteiger partial charge on any atom is -0.481 e. The normalized spacial score (nSPS) is 17.0. The maximum Gasteiger partial charge on any atom is 0.260 e. The van der Waals surface area contributed by atoms with E-state index >= 15 is 0 Å². The monoisotopic (exact) mass is 325 g/mol. The van der Waals surface area contributed by atoms with Gasteiger partial charge < -0.3 is 10.1 Å². The third kappa shape index (κ3) is 5.87. The fourth-order valence-electron chi connectivity index (χ4n) is 2.55. The fourth-order valence-corrected chi connectivity index (χ4v) is 3.77. The van der Waals surface area contributed by atoms with Gasteiger partial charge in [0, 0.05) is 17.5 Å². The minimum absolute atomic E-state index is 0.131. The molecule has 0 bridgehead atoms. The Hall–Kier alpha value is -1.23. The molecule has 0 aromatic heterocycles. The van der Waals surface area contributed by atoms with E-state index in [0.717, 1.165) is 11.0 Å². The highest BCUT2D eigenvalue weighted by molar-refractivity contribution is 7.99. The largest absolute Gasteiger partial charge is 0.481 e. The van der Waals surface area contributed by atoms with E-state index in [9.17, 15) is 9.18 Å². The van der Waals surface area contributed by atoms with Gasteiger partial charge in [0.25, 0.3) is 5.91 Å². The molecule has 22 heavy (non-hydrogen) atoms. The maximum absolute atomic E-state index is 12.8. The molecule has 5 heteroatoms. The lowest BCUT2D eigenvalue weighted by molar-refractivity contribution is -0.127. The molecule has 1 aromatic rings. The molecule has 122 valence electrons. The van der Waals surface area contributed by atoms with Gasteiger partial charge in [0.1, 0.15) is 11.6 Å². The summed E-state index contributed by atoms with van der Waals surface area (Å²) < 4.78 is 18.3. The Balaban J connectivity index is 1.62. The molecule has 1 atom stereocenters. The van der Waals surface area contributed by atoms with E-state index in [1.807, 2.05) is 11.8 Å². The topological polar surface area (TPSA) is 38.3 Å². The van der Waals surface area contributed by atoms with Crippen molar-refractivity contribution in [3.8, 4) is 5.75 Å². The van der Waals surface area contributed by atoms with Gasteiger partial charge in [0.15, 0.2) is 6.10 Å². The molecule has 0 aliphatic heterocycles. The van der Waals surface area contributed by atoms with Crippen LogP contribution >= 0.6 is 11.8 Å². The summed E-state index contributed by atoms with van der Waals surface area (Å²) in [5.41, 5.74) is 0. The highest BCUT2D eigenvalue weighted by Crippen LogP contribution is 2.27. The number of nitrogens with one attached hydrogen (secondary N) is 1. The van der Waals surface area contributed by atoms with E-state index in [2.05, 4.69) is 5.32 Å². The first kappa shape index (κ1) is 17.1. The summed E-state index contributed by atoms with van der Waals surface area (Å²) in [6, 6.07) is 5.69. The SMILES string of the molecule is C[C@@H](Oc1ccc(F)cc1)C(=O)NCCSC1CCCCC1. The van der Waals surface area contributed by atoms with Crippen molar-refractivity contribution in [2.75, 3.05) is 12.3 Å². The molecular weight excluding hydrogens is 301 g/mol. The molecule has 1 amide bonds. The summed E-state index contributed by atoms with van der Waals surface area (Å²) in [7, 11) is 0. The van der Waals surface area contributed by atoms with Gasteiger partial charge in [-0.15, -0.1) is 0 Å². The van der Waals surface area contributed by atoms with E-state index in [4.69, 9.17) is 4.74 Å². The molecule has 1 fully saturated rings. The lowest BCUT2D eigenvalue weighted by atomic mass is 10.0. The number of thioether (sulfide) groups is 1. The zero-order valence-corrected chi connectivity index (χ0v) is 13.8. The number of carbonyl (C=O) groups is 1. The summed E-state index contributed by atoms with van der Waals surface area (Å²) >= 11 is 1.96. The van der Waals surface area contributed by atoms with Crippen LogP contribution in [0.4, 0.5) is 4.39 Å². The number of halogens is 1. The van der Waals surface area contributed by atoms with Crippen LogP contribution in [0.3, 0.4) is 0 Å². The molecule has 1 aliphatic carbocycles. The van der Waals surface area contributed by atoms with E-state index in [1.54, 1.807) is 6.92 Å². The highest BCUT2D eigenvalue weighted by atomic mass is 32.2. The molecule has 0 radical (unpaired) electrons. The summed E-state index contributed by atoms with van der Waals surface area (Å²) in [6.07, 6.45) is 6.08. The van der Waals surface area contributed by atoms with E-state index in [-0.39, 0.29) is 11.7 Å². The first-order chi connectivity index (χ1) is 10.6. The van der Waals surface area contributed by atoms with Gasteiger partial charge in [0.2, 0.25) is 0 Å². The summed E-state index contributed by atoms with van der Waals surface area (Å²) in [5, 5.41) is 3.66. The Morgan fingerprint density at radius 1 is 1.32 bits per heavy atom. The van der Waals surface area contributed by atoms with Crippen molar-refractivity contribution in [2.45, 2.75) is 50.4 Å². The van der Waals surface area contributed by atoms with E-state index in [1.165, 1.54) is 56.4 Å². The van der Waals surface area contributed by atoms with Crippen molar-refractivity contribution in [1.82, 2.24) is 5.32 Å². The van der Waals surface area contributed by atoms with Crippen molar-refractivity contribution in [2.24, 2.45) is 0 Å². The third-order valence-corrected chi connectivity index (χ3v) is 5.19. The van der Waals surface area contributed by atoms with Gasteiger partial charge in [-0.05, 0) is 44.0 Å². The number of hydrogen-bond acceptors (Lipinski definition) is 3. The number of hydrogen-bond donors (Lipinski definition) is 1. The van der Waals surface area contributed by atoms with Crippen LogP contribution in [0.5, 0.6) is 5.75 Å². The van der Waals surface area contributed by atoms with Crippen LogP contribution in [0.25, 0.3) is 0 Å². The van der Waals surface area contributed by atoms with Crippen molar-refractivity contribution in [3.05, 3.63) is 30.1 Å². The fraction of sp³-hybridized carbons (Fsp3) is 0.588. The van der Waals surface area contributed by atoms with Crippen molar-refractivity contribution < 1.29 is 13.9 Å². The third-order valence-electron chi connectivity index (χ3n) is 3.80. The summed E-state index contributed by atoms with van der Waals surface area (Å²) in [4.78, 5) is 11.9. The van der Waals surface area contributed by atoms with Gasteiger partial charge >= 0.3 is 0 Å². The van der Waals surface area contributed by atoms with Crippen molar-refractivity contribution in [1.29, 1.82) is 0 Å². The van der Waals surface area contributed by atoms with Crippen LogP contribution in [-0.4, -0.2) is 29.6 Å². The molecule has 0 spiro atoms. The Bertz CT molecular complexity index is 460. The first-order valence-electron chi connectivity index (χ1n) is 7.96. The lowest BCUT2D eigenvalue weighted by Gasteiger charge is -2.21. The Morgan fingerprint density at radius 2 is 2.00 bits per heavy atom. The summed E-state index contributed by atoms with van der Waals surface area (Å²) in [6.45, 7) is 2.37. The summed E-state index contributed by atoms with van der Waals surface area (Å²) in [5.74, 6) is 0.998. The molecule has 1 aromatic carbocycles. The van der Waals surface area contributed by atoms with Gasteiger partial charge in [-0.1, -0.05) is 19.3 Å². The molecule has 3 nitrogen and oxygen atoms in total. The standard InChI is InChI=1S/C17H24FNO2S/c1-13(21-15-9-7-14(18)8-10-15)17(20)19-11-12-22-16-5-3-2-4-6-16/h7-10,13,16H,2-6,11-12H2,1H3,(H,19,20)/t13-/m1/s1. The average molecular weight is 325 g/mol. The van der Waals surface area contributed by atoms with Gasteiger partial charge in [-0.3, -0.25) is 4.79 Å². The molecule has 1 aliphatic rings. The van der Waals surface area contributed by atoms with Gasteiger partial charge in [0.05, 0.1) is 0 Å². The molecule has 2 rings (SSSR count). The van der Waals surface area contributed by atoms with Crippen LogP contribution in [0, 0.1) is 5.82 Å². The van der Waals surface area contributed by atoms with Crippen LogP contribution in [0.2, 0.25) is 0 Å². The second-order valence-electron chi connectivity index (χ2n) is 5.64. The predicted octanol–water partition coefficient (Wildman–Crippen LogP) is 3.78. The molecule has 0 unspecified atom stereocenters. The van der Waals surface area contributed by atoms with E-state index in [0.29, 0.717) is 12.3 Å². The number of ether oxygens (including phenoxy) is 1. The lowest BCUT2D eigenvalue weighted by Crippen LogP contribution is -2.37. The van der Waals surface area contributed by atoms with Crippen LogP contribution in [0.1, 0.15) is 39.0 Å². The molecule has 1 N–H and O–H groups in total. The molecular formula is C17H24FNO2S. The molecule has 1 saturated carbocycles. The molecule has 0 heterocycles. The van der Waals surface area contributed by atoms with E-state index < -0.39 is 6.10 Å². The smallest absolute Gasteiger partial charge is 0.260 e. The zero-order chi connectivity index (χ0) is 15.8. The minimum atomic E-state index is -0.579. The predicted molar refractivity (Wildman–Crippen MR) is 88.8 cm³/mol. The van der Waals surface area contributed by atoms with Crippen molar-refractivity contribution >= 4 is 17.7 Å². The quantitative estimate of drug-likeness (QED) is 0.776. The second-order valence-corrected chi connectivity index (χ2v) is 7.04. The number of benzene rings is 1. The number of rotatable bonds is 7. The van der Waals surface area contributed by atoms with Crippen LogP contribution in [-0.2, 0) is 4.79 Å². The Morgan fingerprint density at radius 3 is 2.68 bits per heavy atom.